The lowest BCUT2D eigenvalue weighted by Crippen LogP contribution is -1.89. The number of hydrogen-bond acceptors (Lipinski definition) is 7. The van der Waals surface area contributed by atoms with Crippen molar-refractivity contribution in [2.45, 2.75) is 16.9 Å². The number of para-hydroxylation sites is 2. The van der Waals surface area contributed by atoms with Crippen LogP contribution in [0.4, 0.5) is 0 Å². The predicted molar refractivity (Wildman–Crippen MR) is 88.2 cm³/mol. The van der Waals surface area contributed by atoms with Gasteiger partial charge in [-0.3, -0.25) is 0 Å². The molecule has 0 N–H and O–H groups in total. The van der Waals surface area contributed by atoms with Crippen molar-refractivity contribution in [3.8, 4) is 5.75 Å². The molecule has 0 radical (unpaired) electrons. The van der Waals surface area contributed by atoms with Crippen LogP contribution in [0.1, 0.15) is 11.5 Å². The molecule has 2 heterocycles. The third-order valence-corrected chi connectivity index (χ3v) is 4.10. The second kappa shape index (κ2) is 6.37. The number of rotatable bonds is 5. The smallest absolute Gasteiger partial charge is 0.286 e. The Labute approximate surface area is 141 Å². The molecule has 0 aliphatic heterocycles. The van der Waals surface area contributed by atoms with Gasteiger partial charge in [0.1, 0.15) is 11.3 Å². The quantitative estimate of drug-likeness (QED) is 0.545. The van der Waals surface area contributed by atoms with Gasteiger partial charge >= 0.3 is 0 Å². The van der Waals surface area contributed by atoms with Crippen LogP contribution in [-0.2, 0) is 6.42 Å². The first-order valence-corrected chi connectivity index (χ1v) is 8.10. The molecule has 0 spiro atoms. The molecule has 2 aromatic carbocycles. The summed E-state index contributed by atoms with van der Waals surface area (Å²) < 4.78 is 16.4. The van der Waals surface area contributed by atoms with Gasteiger partial charge in [-0.2, -0.15) is 0 Å². The van der Waals surface area contributed by atoms with E-state index < -0.39 is 0 Å². The zero-order valence-corrected chi connectivity index (χ0v) is 13.6. The van der Waals surface area contributed by atoms with E-state index in [0.29, 0.717) is 22.8 Å². The molecule has 2 aromatic heterocycles. The standard InChI is InChI=1S/C17H13N3O3S/c1-21-12-8-6-11(7-9-12)10-15-19-20-17(23-15)24-16-18-13-4-2-3-5-14(13)22-16/h2-9H,10H2,1H3. The average molecular weight is 339 g/mol. The molecule has 4 rings (SSSR count). The maximum Gasteiger partial charge on any atom is 0.286 e. The summed E-state index contributed by atoms with van der Waals surface area (Å²) in [6, 6.07) is 15.3. The summed E-state index contributed by atoms with van der Waals surface area (Å²) in [5.74, 6) is 1.36. The lowest BCUT2D eigenvalue weighted by atomic mass is 10.1. The molecule has 0 atom stereocenters. The van der Waals surface area contributed by atoms with Crippen molar-refractivity contribution >= 4 is 22.9 Å². The van der Waals surface area contributed by atoms with Crippen LogP contribution in [0.15, 0.2) is 67.8 Å². The number of ether oxygens (including phenoxy) is 1. The van der Waals surface area contributed by atoms with Gasteiger partial charge in [0, 0.05) is 11.8 Å². The zero-order valence-electron chi connectivity index (χ0n) is 12.8. The fourth-order valence-electron chi connectivity index (χ4n) is 2.24. The van der Waals surface area contributed by atoms with E-state index in [0.717, 1.165) is 22.4 Å². The van der Waals surface area contributed by atoms with Crippen molar-refractivity contribution in [3.63, 3.8) is 0 Å². The number of benzene rings is 2. The number of aromatic nitrogens is 3. The van der Waals surface area contributed by atoms with Crippen molar-refractivity contribution in [2.24, 2.45) is 0 Å². The molecule has 6 nitrogen and oxygen atoms in total. The number of fused-ring (bicyclic) bond motifs is 1. The third-order valence-electron chi connectivity index (χ3n) is 3.41. The minimum Gasteiger partial charge on any atom is -0.497 e. The van der Waals surface area contributed by atoms with Crippen LogP contribution in [0.3, 0.4) is 0 Å². The Balaban J connectivity index is 1.47. The van der Waals surface area contributed by atoms with Crippen LogP contribution in [0.25, 0.3) is 11.1 Å². The molecule has 0 aliphatic rings. The number of hydrogen-bond donors (Lipinski definition) is 0. The van der Waals surface area contributed by atoms with Gasteiger partial charge < -0.3 is 13.6 Å². The van der Waals surface area contributed by atoms with Gasteiger partial charge in [0.2, 0.25) is 5.89 Å². The Morgan fingerprint density at radius 1 is 0.958 bits per heavy atom. The molecular formula is C17H13N3O3S. The molecular weight excluding hydrogens is 326 g/mol. The SMILES string of the molecule is COc1ccc(Cc2nnc(Sc3nc4ccccc4o3)o2)cc1. The van der Waals surface area contributed by atoms with Crippen LogP contribution in [0.5, 0.6) is 5.75 Å². The van der Waals surface area contributed by atoms with E-state index in [2.05, 4.69) is 15.2 Å². The van der Waals surface area contributed by atoms with Crippen LogP contribution < -0.4 is 4.74 Å². The highest BCUT2D eigenvalue weighted by Gasteiger charge is 2.13. The average Bonchev–Trinajstić information content (AvgIpc) is 3.22. The summed E-state index contributed by atoms with van der Waals surface area (Å²) in [6.07, 6.45) is 0.561. The van der Waals surface area contributed by atoms with Gasteiger partial charge in [-0.25, -0.2) is 4.98 Å². The molecule has 24 heavy (non-hydrogen) atoms. The summed E-state index contributed by atoms with van der Waals surface area (Å²) in [6.45, 7) is 0. The largest absolute Gasteiger partial charge is 0.497 e. The zero-order chi connectivity index (χ0) is 16.4. The molecule has 0 fully saturated rings. The second-order valence-electron chi connectivity index (χ2n) is 5.04. The van der Waals surface area contributed by atoms with Crippen molar-refractivity contribution in [2.75, 3.05) is 7.11 Å². The van der Waals surface area contributed by atoms with E-state index in [9.17, 15) is 0 Å². The van der Waals surface area contributed by atoms with E-state index in [1.54, 1.807) is 7.11 Å². The minimum atomic E-state index is 0.407. The Bertz CT molecular complexity index is 930. The summed E-state index contributed by atoms with van der Waals surface area (Å²) >= 11 is 1.21. The minimum absolute atomic E-state index is 0.407. The van der Waals surface area contributed by atoms with Crippen LogP contribution >= 0.6 is 11.8 Å². The number of nitrogens with zero attached hydrogens (tertiary/aromatic N) is 3. The predicted octanol–water partition coefficient (Wildman–Crippen LogP) is 3.96. The Kier molecular flexibility index (Phi) is 3.92. The maximum absolute atomic E-state index is 5.65. The van der Waals surface area contributed by atoms with Crippen LogP contribution in [0.2, 0.25) is 0 Å². The molecule has 0 bridgehead atoms. The molecule has 0 aliphatic carbocycles. The Morgan fingerprint density at radius 3 is 2.58 bits per heavy atom. The first kappa shape index (κ1) is 14.8. The summed E-state index contributed by atoms with van der Waals surface area (Å²) in [5.41, 5.74) is 2.61. The van der Waals surface area contributed by atoms with E-state index >= 15 is 0 Å². The summed E-state index contributed by atoms with van der Waals surface area (Å²) in [4.78, 5) is 4.37. The summed E-state index contributed by atoms with van der Waals surface area (Å²) in [5, 5.41) is 8.99. The fraction of sp³-hybridized carbons (Fsp3) is 0.118. The van der Waals surface area contributed by atoms with Gasteiger partial charge in [0.15, 0.2) is 5.58 Å². The molecule has 0 amide bonds. The molecule has 4 aromatic rings. The first-order chi connectivity index (χ1) is 11.8. The van der Waals surface area contributed by atoms with Crippen molar-refractivity contribution in [1.29, 1.82) is 0 Å². The lowest BCUT2D eigenvalue weighted by molar-refractivity contribution is 0.412. The van der Waals surface area contributed by atoms with Gasteiger partial charge in [-0.15, -0.1) is 10.2 Å². The number of oxazole rings is 1. The molecule has 0 saturated carbocycles. The maximum atomic E-state index is 5.65. The van der Waals surface area contributed by atoms with Crippen LogP contribution in [-0.4, -0.2) is 22.3 Å². The molecule has 7 heteroatoms. The van der Waals surface area contributed by atoms with E-state index in [-0.39, 0.29) is 0 Å². The fourth-order valence-corrected chi connectivity index (χ4v) is 2.88. The number of methoxy groups -OCH3 is 1. The normalized spacial score (nSPS) is 11.0. The topological polar surface area (TPSA) is 74.2 Å². The van der Waals surface area contributed by atoms with Gasteiger partial charge in [-0.05, 0) is 29.8 Å². The molecule has 0 saturated heterocycles. The molecule has 0 unspecified atom stereocenters. The van der Waals surface area contributed by atoms with Crippen molar-refractivity contribution < 1.29 is 13.6 Å². The monoisotopic (exact) mass is 339 g/mol. The van der Waals surface area contributed by atoms with Gasteiger partial charge in [0.05, 0.1) is 13.5 Å². The van der Waals surface area contributed by atoms with E-state index in [1.165, 1.54) is 11.8 Å². The lowest BCUT2D eigenvalue weighted by Gasteiger charge is -2.00. The van der Waals surface area contributed by atoms with Gasteiger partial charge in [-0.1, -0.05) is 24.3 Å². The molecule has 120 valence electrons. The highest BCUT2D eigenvalue weighted by atomic mass is 32.2. The Morgan fingerprint density at radius 2 is 1.79 bits per heavy atom. The third kappa shape index (κ3) is 3.11. The first-order valence-electron chi connectivity index (χ1n) is 7.29. The second-order valence-corrected chi connectivity index (χ2v) is 5.94. The summed E-state index contributed by atoms with van der Waals surface area (Å²) in [7, 11) is 1.64. The Hall–Kier alpha value is -2.80. The van der Waals surface area contributed by atoms with E-state index in [1.807, 2.05) is 48.5 Å². The van der Waals surface area contributed by atoms with Crippen molar-refractivity contribution in [1.82, 2.24) is 15.2 Å². The highest BCUT2D eigenvalue weighted by molar-refractivity contribution is 7.98. The van der Waals surface area contributed by atoms with E-state index in [4.69, 9.17) is 13.6 Å². The van der Waals surface area contributed by atoms with Gasteiger partial charge in [0.25, 0.3) is 10.4 Å². The highest BCUT2D eigenvalue weighted by Crippen LogP contribution is 2.29. The van der Waals surface area contributed by atoms with Crippen molar-refractivity contribution in [3.05, 3.63) is 60.0 Å². The van der Waals surface area contributed by atoms with Crippen LogP contribution in [0, 0.1) is 0 Å².